The molecule has 1 aliphatic rings. The van der Waals surface area contributed by atoms with Crippen molar-refractivity contribution in [2.24, 2.45) is 0 Å². The molecule has 0 saturated carbocycles. The minimum atomic E-state index is -1.27. The number of aromatic nitrogens is 2. The summed E-state index contributed by atoms with van der Waals surface area (Å²) in [5, 5.41) is 1.89. The molecule has 1 aromatic heterocycles. The number of rotatable bonds is 1. The van der Waals surface area contributed by atoms with Crippen LogP contribution in [0.25, 0.3) is 10.9 Å². The molecule has 7 nitrogen and oxygen atoms in total. The summed E-state index contributed by atoms with van der Waals surface area (Å²) in [6.45, 7) is 1.69. The largest absolute Gasteiger partial charge is 0.398 e. The van der Waals surface area contributed by atoms with Crippen molar-refractivity contribution in [1.29, 1.82) is 0 Å². The number of nitrogens with one attached hydrogen (secondary N) is 1. The van der Waals surface area contributed by atoms with Crippen molar-refractivity contribution in [2.75, 3.05) is 5.73 Å². The number of nitrogen functional groups attached to an aromatic ring is 1. The van der Waals surface area contributed by atoms with Crippen LogP contribution in [-0.2, 0) is 15.0 Å². The van der Waals surface area contributed by atoms with Gasteiger partial charge in [0.05, 0.1) is 16.3 Å². The molecule has 2 atom stereocenters. The van der Waals surface area contributed by atoms with Crippen LogP contribution in [-0.4, -0.2) is 60.6 Å². The minimum absolute atomic E-state index is 0.298. The smallest absolute Gasteiger partial charge is 0.263 e. The molecule has 3 N–H and O–H groups in total. The van der Waals surface area contributed by atoms with E-state index in [1.165, 1.54) is 4.57 Å². The molecule has 26 heavy (non-hydrogen) atoms. The third kappa shape index (κ3) is 2.20. The molecule has 1 aliphatic heterocycles. The van der Waals surface area contributed by atoms with Gasteiger partial charge in [-0.15, -0.1) is 0 Å². The molecule has 12 heteroatoms. The molecule has 0 bridgehead atoms. The number of fused-ring (bicyclic) bond motifs is 1. The van der Waals surface area contributed by atoms with Gasteiger partial charge in [-0.3, -0.25) is 24.3 Å². The average molecular weight is 345 g/mol. The number of nitrogens with two attached hydrogens (primary N) is 1. The van der Waals surface area contributed by atoms with Crippen LogP contribution in [0.1, 0.15) is 5.82 Å². The second-order valence-electron chi connectivity index (χ2n) is 7.86. The predicted octanol–water partition coefficient (Wildman–Crippen LogP) is -5.71. The van der Waals surface area contributed by atoms with E-state index in [2.05, 4.69) is 10.3 Å². The molecular weight excluding hydrogens is 326 g/mol. The van der Waals surface area contributed by atoms with E-state index >= 15 is 0 Å². The summed E-state index contributed by atoms with van der Waals surface area (Å²) in [4.78, 5) is 43.0. The first kappa shape index (κ1) is 18.4. The second-order valence-corrected chi connectivity index (χ2v) is 7.86. The summed E-state index contributed by atoms with van der Waals surface area (Å²) in [6.07, 6.45) is 0. The fraction of sp³-hybridized carbons (Fsp3) is 0.286. The number of hydrogen-bond donors (Lipinski definition) is 2. The minimum Gasteiger partial charge on any atom is -0.398 e. The van der Waals surface area contributed by atoms with Gasteiger partial charge in [-0.2, -0.15) is 0 Å². The molecule has 2 aromatic rings. The standard InChI is InChI=1S/C14H19B5N4O3/c1-4-21-6-3-2-5(15)8(20)7(6)9(24)23(4)14(19)10(16)13(17,18)11(25)22-12(14)26/h2-3,10H,15-20H2,1H3,(H,22,25,26). The van der Waals surface area contributed by atoms with Gasteiger partial charge in [0, 0.05) is 5.69 Å². The summed E-state index contributed by atoms with van der Waals surface area (Å²) < 4.78 is 1.39. The number of hydrogen-bond acceptors (Lipinski definition) is 5. The van der Waals surface area contributed by atoms with Gasteiger partial charge in [-0.1, -0.05) is 11.5 Å². The summed E-state index contributed by atoms with van der Waals surface area (Å²) >= 11 is 0. The third-order valence-corrected chi connectivity index (χ3v) is 6.13. The number of carbonyl (C=O) groups is 2. The van der Waals surface area contributed by atoms with Crippen molar-refractivity contribution in [3.05, 3.63) is 28.3 Å². The normalized spacial score (nSPS) is 25.2. The lowest BCUT2D eigenvalue weighted by Gasteiger charge is -2.48. The molecule has 2 unspecified atom stereocenters. The molecule has 0 radical (unpaired) electrons. The molecule has 1 aromatic carbocycles. The Balaban J connectivity index is 2.41. The Bertz CT molecular complexity index is 1040. The van der Waals surface area contributed by atoms with Crippen LogP contribution in [0.3, 0.4) is 0 Å². The van der Waals surface area contributed by atoms with Crippen LogP contribution < -0.4 is 22.1 Å². The first-order valence-corrected chi connectivity index (χ1v) is 8.58. The molecule has 2 heterocycles. The monoisotopic (exact) mass is 346 g/mol. The van der Waals surface area contributed by atoms with Crippen molar-refractivity contribution in [2.45, 2.75) is 23.4 Å². The summed E-state index contributed by atoms with van der Waals surface area (Å²) in [5.74, 6) is -0.882. The molecule has 1 saturated heterocycles. The van der Waals surface area contributed by atoms with E-state index in [0.29, 0.717) is 22.4 Å². The Morgan fingerprint density at radius 1 is 1.19 bits per heavy atom. The van der Waals surface area contributed by atoms with Crippen LogP contribution in [0, 0.1) is 6.92 Å². The lowest BCUT2D eigenvalue weighted by atomic mass is 9.35. The van der Waals surface area contributed by atoms with Crippen LogP contribution >= 0.6 is 0 Å². The van der Waals surface area contributed by atoms with Crippen molar-refractivity contribution in [1.82, 2.24) is 14.9 Å². The van der Waals surface area contributed by atoms with Gasteiger partial charge in [0.2, 0.25) is 11.8 Å². The fourth-order valence-corrected chi connectivity index (χ4v) is 3.84. The topological polar surface area (TPSA) is 107 Å². The van der Waals surface area contributed by atoms with Crippen LogP contribution in [0.2, 0.25) is 11.0 Å². The van der Waals surface area contributed by atoms with Crippen molar-refractivity contribution >= 4 is 73.1 Å². The van der Waals surface area contributed by atoms with Crippen molar-refractivity contribution in [3.63, 3.8) is 0 Å². The highest BCUT2D eigenvalue weighted by atomic mass is 16.2. The maximum atomic E-state index is 13.4. The first-order chi connectivity index (χ1) is 11.9. The van der Waals surface area contributed by atoms with Gasteiger partial charge in [0.15, 0.2) is 0 Å². The van der Waals surface area contributed by atoms with Crippen LogP contribution in [0.15, 0.2) is 16.9 Å². The lowest BCUT2D eigenvalue weighted by Crippen LogP contribution is -2.66. The maximum absolute atomic E-state index is 13.4. The predicted molar refractivity (Wildman–Crippen MR) is 115 cm³/mol. The number of carbonyl (C=O) groups excluding carboxylic acids is 2. The van der Waals surface area contributed by atoms with Crippen LogP contribution in [0.5, 0.6) is 0 Å². The van der Waals surface area contributed by atoms with Gasteiger partial charge in [-0.25, -0.2) is 4.98 Å². The van der Waals surface area contributed by atoms with Crippen molar-refractivity contribution < 1.29 is 9.59 Å². The number of aryl methyl sites for hydroxylation is 1. The zero-order valence-corrected chi connectivity index (χ0v) is 15.9. The van der Waals surface area contributed by atoms with E-state index in [4.69, 9.17) is 5.73 Å². The Labute approximate surface area is 155 Å². The number of benzene rings is 1. The lowest BCUT2D eigenvalue weighted by molar-refractivity contribution is -0.138. The summed E-state index contributed by atoms with van der Waals surface area (Å²) in [7, 11) is 8.84. The van der Waals surface area contributed by atoms with E-state index in [1.807, 2.05) is 21.8 Å². The van der Waals surface area contributed by atoms with Gasteiger partial charge in [0.25, 0.3) is 5.56 Å². The quantitative estimate of drug-likeness (QED) is 0.304. The number of anilines is 1. The summed E-state index contributed by atoms with van der Waals surface area (Å²) in [6, 6.07) is 3.56. The van der Waals surface area contributed by atoms with Gasteiger partial charge >= 0.3 is 0 Å². The van der Waals surface area contributed by atoms with Gasteiger partial charge in [-0.05, 0) is 24.0 Å². The zero-order chi connectivity index (χ0) is 19.6. The molecule has 3 rings (SSSR count). The number of piperidine rings is 1. The van der Waals surface area contributed by atoms with E-state index < -0.39 is 22.4 Å². The van der Waals surface area contributed by atoms with Gasteiger partial charge < -0.3 is 5.73 Å². The third-order valence-electron chi connectivity index (χ3n) is 6.13. The number of amides is 2. The van der Waals surface area contributed by atoms with E-state index in [0.717, 1.165) is 5.46 Å². The first-order valence-electron chi connectivity index (χ1n) is 8.58. The number of imide groups is 1. The summed E-state index contributed by atoms with van der Waals surface area (Å²) in [5.41, 5.74) is 6.13. The van der Waals surface area contributed by atoms with E-state index in [9.17, 15) is 14.4 Å². The van der Waals surface area contributed by atoms with Crippen LogP contribution in [0.4, 0.5) is 5.69 Å². The second kappa shape index (κ2) is 5.56. The molecule has 0 spiro atoms. The Hall–Kier alpha value is -2.38. The Morgan fingerprint density at radius 3 is 2.42 bits per heavy atom. The molecule has 1 fully saturated rings. The highest BCUT2D eigenvalue weighted by Crippen LogP contribution is 2.45. The Morgan fingerprint density at radius 2 is 1.81 bits per heavy atom. The number of nitrogens with zero attached hydrogens (tertiary/aromatic N) is 2. The Kier molecular flexibility index (Phi) is 3.94. The average Bonchev–Trinajstić information content (AvgIpc) is 2.55. The maximum Gasteiger partial charge on any atom is 0.263 e. The molecule has 0 aliphatic carbocycles. The molecule has 128 valence electrons. The molecule has 2 amide bonds. The molecular formula is C14H19B5N4O3. The zero-order valence-electron chi connectivity index (χ0n) is 15.9. The highest BCUT2D eigenvalue weighted by molar-refractivity contribution is 6.57. The highest BCUT2D eigenvalue weighted by Gasteiger charge is 2.55. The van der Waals surface area contributed by atoms with E-state index in [-0.39, 0.29) is 11.5 Å². The fourth-order valence-electron chi connectivity index (χ4n) is 3.84. The van der Waals surface area contributed by atoms with E-state index in [1.54, 1.807) is 36.5 Å². The SMILES string of the molecule is Bc1ccc2nc(C)n(C3(B)C(=O)NC(=O)C(B)(B)C3B)c(=O)c2c1N. The van der Waals surface area contributed by atoms with Gasteiger partial charge in [0.1, 0.15) is 45.1 Å². The van der Waals surface area contributed by atoms with Crippen molar-refractivity contribution in [3.8, 4) is 0 Å².